The van der Waals surface area contributed by atoms with Crippen molar-refractivity contribution in [3.63, 3.8) is 0 Å². The van der Waals surface area contributed by atoms with E-state index in [9.17, 15) is 4.79 Å². The van der Waals surface area contributed by atoms with Gasteiger partial charge in [0.1, 0.15) is 5.76 Å². The summed E-state index contributed by atoms with van der Waals surface area (Å²) in [6, 6.07) is 7.64. The summed E-state index contributed by atoms with van der Waals surface area (Å²) in [5.41, 5.74) is 3.20. The lowest BCUT2D eigenvalue weighted by Gasteiger charge is -2.36. The van der Waals surface area contributed by atoms with Crippen LogP contribution in [0, 0.1) is 13.8 Å². The Morgan fingerprint density at radius 2 is 2.03 bits per heavy atom. The molecule has 30 heavy (non-hydrogen) atoms. The van der Waals surface area contributed by atoms with E-state index in [2.05, 4.69) is 10.5 Å². The highest BCUT2D eigenvalue weighted by molar-refractivity contribution is 6.30. The van der Waals surface area contributed by atoms with Crippen LogP contribution in [-0.2, 0) is 17.8 Å². The Morgan fingerprint density at radius 3 is 2.67 bits per heavy atom. The van der Waals surface area contributed by atoms with Crippen molar-refractivity contribution in [2.45, 2.75) is 40.2 Å². The van der Waals surface area contributed by atoms with Gasteiger partial charge >= 0.3 is 0 Å². The number of piperazine rings is 1. The molecule has 0 bridgehead atoms. The Hall–Kier alpha value is -2.54. The first-order valence-corrected chi connectivity index (χ1v) is 10.8. The number of nitrogens with zero attached hydrogens (tertiary/aromatic N) is 4. The third-order valence-corrected chi connectivity index (χ3v) is 5.52. The maximum absolute atomic E-state index is 12.7. The van der Waals surface area contributed by atoms with Crippen molar-refractivity contribution in [3.8, 4) is 0 Å². The fourth-order valence-corrected chi connectivity index (χ4v) is 3.72. The fourth-order valence-electron chi connectivity index (χ4n) is 3.59. The molecule has 1 saturated heterocycles. The molecule has 1 N–H and O–H groups in total. The van der Waals surface area contributed by atoms with Crippen LogP contribution in [-0.4, -0.2) is 59.5 Å². The highest BCUT2D eigenvalue weighted by atomic mass is 35.5. The SMILES string of the molecule is CCNC(=NCCCc1c(C)noc1C)N1CCN(Cc2ccc(Cl)cc2)C(=O)C1. The smallest absolute Gasteiger partial charge is 0.242 e. The van der Waals surface area contributed by atoms with Crippen molar-refractivity contribution in [2.24, 2.45) is 4.99 Å². The molecule has 1 aromatic heterocycles. The molecule has 1 aromatic carbocycles. The average molecular weight is 432 g/mol. The number of carbonyl (C=O) groups excluding carboxylic acids is 1. The number of hydrogen-bond acceptors (Lipinski definition) is 4. The summed E-state index contributed by atoms with van der Waals surface area (Å²) in [6.07, 6.45) is 1.79. The lowest BCUT2D eigenvalue weighted by molar-refractivity contribution is -0.135. The number of amides is 1. The van der Waals surface area contributed by atoms with Crippen LogP contribution in [0.25, 0.3) is 0 Å². The zero-order valence-electron chi connectivity index (χ0n) is 17.9. The molecule has 0 radical (unpaired) electrons. The van der Waals surface area contributed by atoms with E-state index in [1.165, 1.54) is 5.56 Å². The van der Waals surface area contributed by atoms with E-state index in [1.54, 1.807) is 0 Å². The summed E-state index contributed by atoms with van der Waals surface area (Å²) < 4.78 is 5.22. The number of benzene rings is 1. The van der Waals surface area contributed by atoms with Gasteiger partial charge in [-0.25, -0.2) is 0 Å². The monoisotopic (exact) mass is 431 g/mol. The van der Waals surface area contributed by atoms with Gasteiger partial charge in [0.2, 0.25) is 5.91 Å². The molecule has 2 aromatic rings. The summed E-state index contributed by atoms with van der Waals surface area (Å²) in [5, 5.41) is 8.03. The molecule has 162 valence electrons. The maximum Gasteiger partial charge on any atom is 0.242 e. The minimum Gasteiger partial charge on any atom is -0.361 e. The molecular formula is C22H30ClN5O2. The van der Waals surface area contributed by atoms with Gasteiger partial charge in [-0.15, -0.1) is 0 Å². The molecule has 1 aliphatic rings. The zero-order chi connectivity index (χ0) is 21.5. The Morgan fingerprint density at radius 1 is 1.27 bits per heavy atom. The van der Waals surface area contributed by atoms with Crippen molar-refractivity contribution in [1.29, 1.82) is 0 Å². The van der Waals surface area contributed by atoms with Crippen LogP contribution < -0.4 is 5.32 Å². The molecular weight excluding hydrogens is 402 g/mol. The van der Waals surface area contributed by atoms with Crippen molar-refractivity contribution < 1.29 is 9.32 Å². The number of aliphatic imine (C=N–C) groups is 1. The Kier molecular flexibility index (Phi) is 7.74. The van der Waals surface area contributed by atoms with E-state index in [0.29, 0.717) is 31.2 Å². The minimum atomic E-state index is 0.109. The minimum absolute atomic E-state index is 0.109. The van der Waals surface area contributed by atoms with Gasteiger partial charge in [0.15, 0.2) is 5.96 Å². The summed E-state index contributed by atoms with van der Waals surface area (Å²) >= 11 is 5.95. The number of aromatic nitrogens is 1. The Bertz CT molecular complexity index is 859. The van der Waals surface area contributed by atoms with Crippen LogP contribution in [0.5, 0.6) is 0 Å². The van der Waals surface area contributed by atoms with Gasteiger partial charge in [0.25, 0.3) is 0 Å². The summed E-state index contributed by atoms with van der Waals surface area (Å²) in [7, 11) is 0. The second-order valence-corrected chi connectivity index (χ2v) is 7.94. The molecule has 0 atom stereocenters. The molecule has 0 saturated carbocycles. The molecule has 1 amide bonds. The van der Waals surface area contributed by atoms with Gasteiger partial charge < -0.3 is 19.6 Å². The third kappa shape index (κ3) is 5.75. The molecule has 8 heteroatoms. The first-order valence-electron chi connectivity index (χ1n) is 10.4. The van der Waals surface area contributed by atoms with E-state index in [-0.39, 0.29) is 5.91 Å². The lowest BCUT2D eigenvalue weighted by Crippen LogP contribution is -2.55. The number of aryl methyl sites for hydroxylation is 2. The Labute approximate surface area is 183 Å². The van der Waals surface area contributed by atoms with Gasteiger partial charge in [-0.3, -0.25) is 9.79 Å². The maximum atomic E-state index is 12.7. The number of rotatable bonds is 7. The highest BCUT2D eigenvalue weighted by Crippen LogP contribution is 2.15. The van der Waals surface area contributed by atoms with E-state index >= 15 is 0 Å². The number of nitrogens with one attached hydrogen (secondary N) is 1. The van der Waals surface area contributed by atoms with Crippen LogP contribution in [0.15, 0.2) is 33.8 Å². The first kappa shape index (κ1) is 22.2. The van der Waals surface area contributed by atoms with Gasteiger partial charge in [-0.05, 0) is 51.3 Å². The predicted octanol–water partition coefficient (Wildman–Crippen LogP) is 3.19. The van der Waals surface area contributed by atoms with Crippen LogP contribution in [0.1, 0.15) is 35.9 Å². The summed E-state index contributed by atoms with van der Waals surface area (Å²) in [4.78, 5) is 21.4. The first-order chi connectivity index (χ1) is 14.5. The van der Waals surface area contributed by atoms with Crippen molar-refractivity contribution in [1.82, 2.24) is 20.3 Å². The van der Waals surface area contributed by atoms with Gasteiger partial charge in [0, 0.05) is 43.3 Å². The number of carbonyl (C=O) groups is 1. The van der Waals surface area contributed by atoms with Crippen LogP contribution in [0.2, 0.25) is 5.02 Å². The van der Waals surface area contributed by atoms with E-state index < -0.39 is 0 Å². The molecule has 3 rings (SSSR count). The summed E-state index contributed by atoms with van der Waals surface area (Å²) in [6.45, 7) is 9.77. The van der Waals surface area contributed by atoms with Crippen LogP contribution in [0.4, 0.5) is 0 Å². The largest absolute Gasteiger partial charge is 0.361 e. The molecule has 0 spiro atoms. The fraction of sp³-hybridized carbons (Fsp3) is 0.500. The van der Waals surface area contributed by atoms with E-state index in [0.717, 1.165) is 48.9 Å². The predicted molar refractivity (Wildman–Crippen MR) is 119 cm³/mol. The molecule has 2 heterocycles. The van der Waals surface area contributed by atoms with Gasteiger partial charge in [0.05, 0.1) is 12.2 Å². The topological polar surface area (TPSA) is 74.0 Å². The van der Waals surface area contributed by atoms with Crippen molar-refractivity contribution in [3.05, 3.63) is 51.9 Å². The van der Waals surface area contributed by atoms with E-state index in [1.807, 2.05) is 54.8 Å². The van der Waals surface area contributed by atoms with E-state index in [4.69, 9.17) is 21.1 Å². The number of hydrogen-bond donors (Lipinski definition) is 1. The van der Waals surface area contributed by atoms with Gasteiger partial charge in [-0.2, -0.15) is 0 Å². The normalized spacial score (nSPS) is 15.1. The van der Waals surface area contributed by atoms with Crippen molar-refractivity contribution in [2.75, 3.05) is 32.7 Å². The van der Waals surface area contributed by atoms with Gasteiger partial charge in [-0.1, -0.05) is 28.9 Å². The summed E-state index contributed by atoms with van der Waals surface area (Å²) in [5.74, 6) is 1.79. The standard InChI is InChI=1S/C22H30ClN5O2/c1-4-24-22(25-11-5-6-20-16(2)26-30-17(20)3)28-13-12-27(21(29)15-28)14-18-7-9-19(23)10-8-18/h7-10H,4-6,11-15H2,1-3H3,(H,24,25). The zero-order valence-corrected chi connectivity index (χ0v) is 18.7. The second-order valence-electron chi connectivity index (χ2n) is 7.51. The van der Waals surface area contributed by atoms with Crippen LogP contribution in [0.3, 0.4) is 0 Å². The third-order valence-electron chi connectivity index (χ3n) is 5.27. The van der Waals surface area contributed by atoms with Crippen molar-refractivity contribution >= 4 is 23.5 Å². The molecule has 0 aliphatic carbocycles. The molecule has 7 nitrogen and oxygen atoms in total. The quantitative estimate of drug-likeness (QED) is 0.414. The lowest BCUT2D eigenvalue weighted by atomic mass is 10.1. The number of halogens is 1. The molecule has 1 fully saturated rings. The molecule has 1 aliphatic heterocycles. The number of guanidine groups is 1. The Balaban J connectivity index is 1.54. The van der Waals surface area contributed by atoms with Crippen LogP contribution >= 0.6 is 11.6 Å². The molecule has 0 unspecified atom stereocenters. The highest BCUT2D eigenvalue weighted by Gasteiger charge is 2.26. The average Bonchev–Trinajstić information content (AvgIpc) is 3.05. The second kappa shape index (κ2) is 10.5.